The van der Waals surface area contributed by atoms with Crippen LogP contribution in [-0.4, -0.2) is 30.5 Å². The maximum atomic E-state index is 13.3. The van der Waals surface area contributed by atoms with Crippen LogP contribution in [0.3, 0.4) is 0 Å². The van der Waals surface area contributed by atoms with E-state index < -0.39 is 11.8 Å². The first-order valence-electron chi connectivity index (χ1n) is 9.91. The lowest BCUT2D eigenvalue weighted by Gasteiger charge is -2.28. The number of phenols is 2. The van der Waals surface area contributed by atoms with Gasteiger partial charge in [-0.1, -0.05) is 36.4 Å². The van der Waals surface area contributed by atoms with Crippen molar-refractivity contribution in [3.63, 3.8) is 0 Å². The molecule has 0 unspecified atom stereocenters. The SMILES string of the molecule is Cn1c(=O)c2c(-c3ccccc3)n3c(c2n(C)c1=O)[C@@H](c1ccc(O)c(O)c1)OCC3. The van der Waals surface area contributed by atoms with Crippen LogP contribution in [0.4, 0.5) is 0 Å². The molecule has 0 saturated carbocycles. The van der Waals surface area contributed by atoms with Crippen LogP contribution in [0.15, 0.2) is 58.1 Å². The van der Waals surface area contributed by atoms with Crippen molar-refractivity contribution in [1.29, 1.82) is 0 Å². The summed E-state index contributed by atoms with van der Waals surface area (Å²) in [4.78, 5) is 26.1. The minimum atomic E-state index is -0.627. The minimum absolute atomic E-state index is 0.231. The van der Waals surface area contributed by atoms with Crippen LogP contribution in [0.1, 0.15) is 17.4 Å². The molecule has 0 spiro atoms. The highest BCUT2D eigenvalue weighted by atomic mass is 16.5. The summed E-state index contributed by atoms with van der Waals surface area (Å²) in [5.41, 5.74) is 2.59. The van der Waals surface area contributed by atoms with Crippen molar-refractivity contribution >= 4 is 10.9 Å². The number of hydrogen-bond acceptors (Lipinski definition) is 5. The summed E-state index contributed by atoms with van der Waals surface area (Å²) in [6.45, 7) is 0.889. The molecule has 1 atom stereocenters. The van der Waals surface area contributed by atoms with Crippen LogP contribution < -0.4 is 11.2 Å². The Balaban J connectivity index is 1.94. The van der Waals surface area contributed by atoms with Crippen LogP contribution >= 0.6 is 0 Å². The van der Waals surface area contributed by atoms with Gasteiger partial charge in [-0.05, 0) is 23.3 Å². The second kappa shape index (κ2) is 6.88. The fourth-order valence-corrected chi connectivity index (χ4v) is 4.43. The van der Waals surface area contributed by atoms with Crippen LogP contribution in [0.5, 0.6) is 11.5 Å². The van der Waals surface area contributed by atoms with Gasteiger partial charge in [0, 0.05) is 20.6 Å². The predicted octanol–water partition coefficient (Wildman–Crippen LogP) is 2.24. The first kappa shape index (κ1) is 19.2. The van der Waals surface area contributed by atoms with Crippen LogP contribution in [-0.2, 0) is 25.4 Å². The topological polar surface area (TPSA) is 98.6 Å². The van der Waals surface area contributed by atoms with E-state index in [4.69, 9.17) is 4.74 Å². The third kappa shape index (κ3) is 2.72. The van der Waals surface area contributed by atoms with Crippen molar-refractivity contribution in [1.82, 2.24) is 13.7 Å². The lowest BCUT2D eigenvalue weighted by atomic mass is 10.0. The van der Waals surface area contributed by atoms with Gasteiger partial charge in [0.15, 0.2) is 11.5 Å². The van der Waals surface area contributed by atoms with E-state index in [0.29, 0.717) is 35.3 Å². The number of aromatic hydroxyl groups is 2. The molecule has 0 saturated heterocycles. The average molecular weight is 419 g/mol. The predicted molar refractivity (Wildman–Crippen MR) is 115 cm³/mol. The molecule has 8 heteroatoms. The van der Waals surface area contributed by atoms with E-state index in [1.165, 1.54) is 23.7 Å². The number of phenolic OH excluding ortho intramolecular Hbond substituents is 2. The number of rotatable bonds is 2. The van der Waals surface area contributed by atoms with E-state index in [0.717, 1.165) is 15.8 Å². The molecule has 2 aromatic carbocycles. The van der Waals surface area contributed by atoms with E-state index in [9.17, 15) is 19.8 Å². The van der Waals surface area contributed by atoms with Gasteiger partial charge in [0.25, 0.3) is 5.56 Å². The van der Waals surface area contributed by atoms with Crippen molar-refractivity contribution in [2.24, 2.45) is 14.1 Å². The Kier molecular flexibility index (Phi) is 4.26. The molecule has 4 aromatic rings. The maximum Gasteiger partial charge on any atom is 0.331 e. The van der Waals surface area contributed by atoms with Crippen molar-refractivity contribution < 1.29 is 14.9 Å². The number of benzene rings is 2. The minimum Gasteiger partial charge on any atom is -0.504 e. The van der Waals surface area contributed by atoms with E-state index in [1.807, 2.05) is 34.9 Å². The smallest absolute Gasteiger partial charge is 0.331 e. The molecule has 8 nitrogen and oxygen atoms in total. The summed E-state index contributed by atoms with van der Waals surface area (Å²) in [5.74, 6) is -0.492. The Labute approximate surface area is 176 Å². The number of aryl methyl sites for hydroxylation is 1. The van der Waals surface area contributed by atoms with Crippen LogP contribution in [0.2, 0.25) is 0 Å². The Morgan fingerprint density at radius 1 is 0.968 bits per heavy atom. The molecular weight excluding hydrogens is 398 g/mol. The van der Waals surface area contributed by atoms with Gasteiger partial charge < -0.3 is 19.5 Å². The van der Waals surface area contributed by atoms with Gasteiger partial charge in [-0.15, -0.1) is 0 Å². The van der Waals surface area contributed by atoms with Crippen molar-refractivity contribution in [3.8, 4) is 22.8 Å². The van der Waals surface area contributed by atoms with Crippen molar-refractivity contribution in [2.45, 2.75) is 12.6 Å². The van der Waals surface area contributed by atoms with E-state index in [-0.39, 0.29) is 17.1 Å². The van der Waals surface area contributed by atoms with E-state index in [2.05, 4.69) is 0 Å². The van der Waals surface area contributed by atoms with Gasteiger partial charge in [0.1, 0.15) is 6.10 Å². The number of fused-ring (bicyclic) bond motifs is 3. The molecule has 3 heterocycles. The Morgan fingerprint density at radius 2 is 1.71 bits per heavy atom. The van der Waals surface area contributed by atoms with E-state index >= 15 is 0 Å². The summed E-state index contributed by atoms with van der Waals surface area (Å²) in [6, 6.07) is 14.1. The molecule has 0 aliphatic carbocycles. The molecule has 1 aliphatic heterocycles. The van der Waals surface area contributed by atoms with Gasteiger partial charge in [-0.25, -0.2) is 4.79 Å². The fourth-order valence-electron chi connectivity index (χ4n) is 4.43. The molecule has 158 valence electrons. The van der Waals surface area contributed by atoms with Crippen molar-refractivity contribution in [3.05, 3.63) is 80.6 Å². The molecule has 0 amide bonds. The molecule has 5 rings (SSSR count). The first-order chi connectivity index (χ1) is 14.9. The number of ether oxygens (including phenoxy) is 1. The highest BCUT2D eigenvalue weighted by Gasteiger charge is 2.33. The fraction of sp³-hybridized carbons (Fsp3) is 0.217. The molecule has 0 radical (unpaired) electrons. The zero-order valence-corrected chi connectivity index (χ0v) is 17.1. The molecule has 2 N–H and O–H groups in total. The molecule has 2 aromatic heterocycles. The Morgan fingerprint density at radius 3 is 2.42 bits per heavy atom. The molecule has 31 heavy (non-hydrogen) atoms. The second-order valence-electron chi connectivity index (χ2n) is 7.68. The monoisotopic (exact) mass is 419 g/mol. The number of nitrogens with zero attached hydrogens (tertiary/aromatic N) is 3. The quantitative estimate of drug-likeness (QED) is 0.486. The van der Waals surface area contributed by atoms with Gasteiger partial charge in [-0.3, -0.25) is 13.9 Å². The highest BCUT2D eigenvalue weighted by Crippen LogP contribution is 2.41. The largest absolute Gasteiger partial charge is 0.504 e. The average Bonchev–Trinajstić information content (AvgIpc) is 3.14. The van der Waals surface area contributed by atoms with Gasteiger partial charge >= 0.3 is 5.69 Å². The normalized spacial score (nSPS) is 15.9. The summed E-state index contributed by atoms with van der Waals surface area (Å²) in [5, 5.41) is 20.2. The molecule has 0 bridgehead atoms. The summed E-state index contributed by atoms with van der Waals surface area (Å²) >= 11 is 0. The molecule has 1 aliphatic rings. The Hall–Kier alpha value is -3.78. The summed E-state index contributed by atoms with van der Waals surface area (Å²) < 4.78 is 10.7. The van der Waals surface area contributed by atoms with Gasteiger partial charge in [-0.2, -0.15) is 0 Å². The van der Waals surface area contributed by atoms with Crippen LogP contribution in [0.25, 0.3) is 22.2 Å². The second-order valence-corrected chi connectivity index (χ2v) is 7.68. The lowest BCUT2D eigenvalue weighted by molar-refractivity contribution is 0.0477. The number of hydrogen-bond donors (Lipinski definition) is 2. The third-order valence-corrected chi connectivity index (χ3v) is 5.90. The molecule has 0 fully saturated rings. The van der Waals surface area contributed by atoms with Crippen LogP contribution in [0, 0.1) is 0 Å². The lowest BCUT2D eigenvalue weighted by Crippen LogP contribution is -2.37. The maximum absolute atomic E-state index is 13.3. The summed E-state index contributed by atoms with van der Waals surface area (Å²) in [7, 11) is 3.11. The Bertz CT molecular complexity index is 1450. The third-order valence-electron chi connectivity index (χ3n) is 5.90. The summed E-state index contributed by atoms with van der Waals surface area (Å²) in [6.07, 6.45) is -0.627. The first-order valence-corrected chi connectivity index (χ1v) is 9.91. The molecular formula is C23H21N3O5. The van der Waals surface area contributed by atoms with E-state index in [1.54, 1.807) is 13.1 Å². The zero-order valence-electron chi connectivity index (χ0n) is 17.1. The van der Waals surface area contributed by atoms with Crippen molar-refractivity contribution in [2.75, 3.05) is 6.61 Å². The zero-order chi connectivity index (χ0) is 21.9. The van der Waals surface area contributed by atoms with Gasteiger partial charge in [0.05, 0.1) is 28.9 Å². The highest BCUT2D eigenvalue weighted by molar-refractivity contribution is 5.96. The standard InChI is InChI=1S/C23H21N3O5/c1-24-19-17(22(29)25(2)23(24)30)18(13-6-4-3-5-7-13)26-10-11-31-21(20(19)26)14-8-9-15(27)16(28)12-14/h3-9,12,21,27-28H,10-11H2,1-2H3/t21-/m1/s1. The number of aromatic nitrogens is 3. The van der Waals surface area contributed by atoms with Gasteiger partial charge in [0.2, 0.25) is 0 Å².